The van der Waals surface area contributed by atoms with E-state index < -0.39 is 0 Å². The highest BCUT2D eigenvalue weighted by molar-refractivity contribution is 5.91. The van der Waals surface area contributed by atoms with E-state index in [4.69, 9.17) is 4.42 Å². The van der Waals surface area contributed by atoms with Gasteiger partial charge in [0, 0.05) is 18.1 Å². The lowest BCUT2D eigenvalue weighted by atomic mass is 10.0. The summed E-state index contributed by atoms with van der Waals surface area (Å²) in [6, 6.07) is 16.9. The Kier molecular flexibility index (Phi) is 3.89. The summed E-state index contributed by atoms with van der Waals surface area (Å²) in [7, 11) is 0. The highest BCUT2D eigenvalue weighted by atomic mass is 16.3. The summed E-state index contributed by atoms with van der Waals surface area (Å²) in [4.78, 5) is 15.9. The van der Waals surface area contributed by atoms with Crippen molar-refractivity contribution in [3.05, 3.63) is 60.4 Å². The average Bonchev–Trinajstić information content (AvgIpc) is 3.08. The first-order valence-corrected chi connectivity index (χ1v) is 7.01. The van der Waals surface area contributed by atoms with E-state index in [-0.39, 0.29) is 17.3 Å². The summed E-state index contributed by atoms with van der Waals surface area (Å²) in [6.45, 7) is 1.38. The molecule has 0 unspecified atom stereocenters. The Morgan fingerprint density at radius 1 is 1.22 bits per heavy atom. The Morgan fingerprint density at radius 2 is 2.00 bits per heavy atom. The first kappa shape index (κ1) is 14.5. The Hall–Kier alpha value is -3.39. The van der Waals surface area contributed by atoms with Gasteiger partial charge in [-0.2, -0.15) is 5.26 Å². The molecule has 0 aliphatic rings. The maximum Gasteiger partial charge on any atom is 0.222 e. The largest absolute Gasteiger partial charge is 0.464 e. The van der Waals surface area contributed by atoms with Crippen molar-refractivity contribution in [2.75, 3.05) is 5.32 Å². The molecule has 0 aliphatic heterocycles. The SMILES string of the molecule is CC(=O)Nc1nc(-c2ccccc2)cc(-c2ccco2)c1C#N. The fourth-order valence-electron chi connectivity index (χ4n) is 2.30. The van der Waals surface area contributed by atoms with Crippen LogP contribution in [0.3, 0.4) is 0 Å². The molecular formula is C18H13N3O2. The van der Waals surface area contributed by atoms with E-state index in [2.05, 4.69) is 16.4 Å². The monoisotopic (exact) mass is 303 g/mol. The van der Waals surface area contributed by atoms with Crippen LogP contribution in [0.15, 0.2) is 59.2 Å². The van der Waals surface area contributed by atoms with Gasteiger partial charge in [0.25, 0.3) is 0 Å². The smallest absolute Gasteiger partial charge is 0.222 e. The van der Waals surface area contributed by atoms with Crippen LogP contribution in [-0.2, 0) is 4.79 Å². The molecule has 0 saturated carbocycles. The van der Waals surface area contributed by atoms with Crippen LogP contribution in [0.4, 0.5) is 5.82 Å². The van der Waals surface area contributed by atoms with Gasteiger partial charge in [0.15, 0.2) is 5.82 Å². The predicted molar refractivity (Wildman–Crippen MR) is 86.4 cm³/mol. The van der Waals surface area contributed by atoms with Crippen molar-refractivity contribution in [1.29, 1.82) is 5.26 Å². The maximum absolute atomic E-state index is 11.4. The zero-order valence-corrected chi connectivity index (χ0v) is 12.4. The standard InChI is InChI=1S/C18H13N3O2/c1-12(22)20-18-15(11-19)14(17-8-5-9-23-17)10-16(21-18)13-6-3-2-4-7-13/h2-10H,1H3,(H,20,21,22). The molecule has 1 N–H and O–H groups in total. The normalized spacial score (nSPS) is 10.1. The lowest BCUT2D eigenvalue weighted by Gasteiger charge is -2.11. The number of aromatic nitrogens is 1. The van der Waals surface area contributed by atoms with Gasteiger partial charge < -0.3 is 9.73 Å². The Balaban J connectivity index is 2.25. The molecule has 112 valence electrons. The van der Waals surface area contributed by atoms with Gasteiger partial charge in [-0.25, -0.2) is 4.98 Å². The summed E-state index contributed by atoms with van der Waals surface area (Å²) < 4.78 is 5.42. The van der Waals surface area contributed by atoms with Crippen molar-refractivity contribution in [2.24, 2.45) is 0 Å². The van der Waals surface area contributed by atoms with Gasteiger partial charge in [-0.15, -0.1) is 0 Å². The molecule has 0 fully saturated rings. The number of hydrogen-bond donors (Lipinski definition) is 1. The Morgan fingerprint density at radius 3 is 2.61 bits per heavy atom. The molecule has 1 amide bonds. The van der Waals surface area contributed by atoms with Crippen molar-refractivity contribution in [3.8, 4) is 28.7 Å². The van der Waals surface area contributed by atoms with Crippen molar-refractivity contribution in [1.82, 2.24) is 4.98 Å². The zero-order valence-electron chi connectivity index (χ0n) is 12.4. The van der Waals surface area contributed by atoms with Gasteiger partial charge in [0.1, 0.15) is 17.4 Å². The number of anilines is 1. The van der Waals surface area contributed by atoms with Crippen molar-refractivity contribution < 1.29 is 9.21 Å². The number of furan rings is 1. The molecule has 2 heterocycles. The molecule has 2 aromatic heterocycles. The lowest BCUT2D eigenvalue weighted by molar-refractivity contribution is -0.114. The average molecular weight is 303 g/mol. The fraction of sp³-hybridized carbons (Fsp3) is 0.0556. The lowest BCUT2D eigenvalue weighted by Crippen LogP contribution is -2.10. The number of benzene rings is 1. The zero-order chi connectivity index (χ0) is 16.2. The van der Waals surface area contributed by atoms with Crippen LogP contribution in [0.2, 0.25) is 0 Å². The molecule has 23 heavy (non-hydrogen) atoms. The number of nitrogens with zero attached hydrogens (tertiary/aromatic N) is 2. The van der Waals surface area contributed by atoms with Gasteiger partial charge in [-0.3, -0.25) is 4.79 Å². The summed E-state index contributed by atoms with van der Waals surface area (Å²) >= 11 is 0. The third-order valence-electron chi connectivity index (χ3n) is 3.28. The fourth-order valence-corrected chi connectivity index (χ4v) is 2.30. The molecule has 1 aromatic carbocycles. The topological polar surface area (TPSA) is 78.9 Å². The highest BCUT2D eigenvalue weighted by Crippen LogP contribution is 2.32. The first-order valence-electron chi connectivity index (χ1n) is 7.01. The van der Waals surface area contributed by atoms with Gasteiger partial charge in [-0.05, 0) is 18.2 Å². The number of nitrogens with one attached hydrogen (secondary N) is 1. The number of rotatable bonds is 3. The van der Waals surface area contributed by atoms with Crippen LogP contribution in [-0.4, -0.2) is 10.9 Å². The van der Waals surface area contributed by atoms with E-state index in [1.165, 1.54) is 13.2 Å². The van der Waals surface area contributed by atoms with E-state index in [0.29, 0.717) is 17.0 Å². The van der Waals surface area contributed by atoms with Gasteiger partial charge in [0.2, 0.25) is 5.91 Å². The molecule has 0 radical (unpaired) electrons. The minimum absolute atomic E-state index is 0.229. The first-order chi connectivity index (χ1) is 11.2. The third kappa shape index (κ3) is 2.97. The molecule has 3 rings (SSSR count). The van der Waals surface area contributed by atoms with Crippen molar-refractivity contribution >= 4 is 11.7 Å². The van der Waals surface area contributed by atoms with Crippen LogP contribution >= 0.6 is 0 Å². The number of hydrogen-bond acceptors (Lipinski definition) is 4. The molecule has 0 atom stereocenters. The van der Waals surface area contributed by atoms with Gasteiger partial charge in [-0.1, -0.05) is 30.3 Å². The summed E-state index contributed by atoms with van der Waals surface area (Å²) in [5.74, 6) is 0.491. The van der Waals surface area contributed by atoms with Crippen LogP contribution in [0, 0.1) is 11.3 Å². The molecule has 5 heteroatoms. The number of carbonyl (C=O) groups excluding carboxylic acids is 1. The van der Waals surface area contributed by atoms with Crippen molar-refractivity contribution in [3.63, 3.8) is 0 Å². The van der Waals surface area contributed by atoms with E-state index in [0.717, 1.165) is 5.56 Å². The molecule has 0 spiro atoms. The summed E-state index contributed by atoms with van der Waals surface area (Å²) in [6.07, 6.45) is 1.54. The van der Waals surface area contributed by atoms with Gasteiger partial charge >= 0.3 is 0 Å². The summed E-state index contributed by atoms with van der Waals surface area (Å²) in [5.41, 5.74) is 2.40. The molecular weight excluding hydrogens is 290 g/mol. The Labute approximate surface area is 133 Å². The Bertz CT molecular complexity index is 879. The minimum Gasteiger partial charge on any atom is -0.464 e. The maximum atomic E-state index is 11.4. The van der Waals surface area contributed by atoms with Gasteiger partial charge in [0.05, 0.1) is 12.0 Å². The number of carbonyl (C=O) groups is 1. The molecule has 0 bridgehead atoms. The molecule has 3 aromatic rings. The molecule has 0 aliphatic carbocycles. The van der Waals surface area contributed by atoms with Crippen LogP contribution in [0.1, 0.15) is 12.5 Å². The second-order valence-corrected chi connectivity index (χ2v) is 4.91. The van der Waals surface area contributed by atoms with Crippen LogP contribution in [0.25, 0.3) is 22.6 Å². The summed E-state index contributed by atoms with van der Waals surface area (Å²) in [5, 5.41) is 12.1. The van der Waals surface area contributed by atoms with E-state index in [1.807, 2.05) is 30.3 Å². The van der Waals surface area contributed by atoms with E-state index in [1.54, 1.807) is 18.2 Å². The van der Waals surface area contributed by atoms with Crippen LogP contribution in [0.5, 0.6) is 0 Å². The second kappa shape index (κ2) is 6.16. The third-order valence-corrected chi connectivity index (χ3v) is 3.28. The highest BCUT2D eigenvalue weighted by Gasteiger charge is 2.17. The van der Waals surface area contributed by atoms with Crippen LogP contribution < -0.4 is 5.32 Å². The minimum atomic E-state index is -0.287. The number of nitriles is 1. The number of pyridine rings is 1. The van der Waals surface area contributed by atoms with E-state index in [9.17, 15) is 10.1 Å². The van der Waals surface area contributed by atoms with E-state index >= 15 is 0 Å². The molecule has 5 nitrogen and oxygen atoms in total. The quantitative estimate of drug-likeness (QED) is 0.797. The number of amides is 1. The molecule has 0 saturated heterocycles. The predicted octanol–water partition coefficient (Wildman–Crippen LogP) is 3.84. The second-order valence-electron chi connectivity index (χ2n) is 4.91. The van der Waals surface area contributed by atoms with Crippen molar-refractivity contribution in [2.45, 2.75) is 6.92 Å².